The van der Waals surface area contributed by atoms with Gasteiger partial charge in [0.25, 0.3) is 11.8 Å². The summed E-state index contributed by atoms with van der Waals surface area (Å²) >= 11 is 30.6. The van der Waals surface area contributed by atoms with E-state index in [2.05, 4.69) is 5.32 Å². The van der Waals surface area contributed by atoms with E-state index in [1.807, 2.05) is 6.92 Å². The summed E-state index contributed by atoms with van der Waals surface area (Å²) in [6.45, 7) is 1.92. The van der Waals surface area contributed by atoms with Gasteiger partial charge in [0.15, 0.2) is 0 Å². The number of nitrogens with one attached hydrogen (secondary N) is 1. The van der Waals surface area contributed by atoms with E-state index in [-0.39, 0.29) is 37.6 Å². The summed E-state index contributed by atoms with van der Waals surface area (Å²) in [7, 11) is 1.44. The maximum absolute atomic E-state index is 13.3. The Bertz CT molecular complexity index is 1080. The second-order valence-corrected chi connectivity index (χ2v) is 8.93. The predicted molar refractivity (Wildman–Crippen MR) is 127 cm³/mol. The van der Waals surface area contributed by atoms with Crippen molar-refractivity contribution in [1.29, 1.82) is 0 Å². The monoisotopic (exact) mass is 536 g/mol. The van der Waals surface area contributed by atoms with Crippen molar-refractivity contribution in [3.05, 3.63) is 54.4 Å². The number of hydrogen-bond donors (Lipinski definition) is 1. The maximum Gasteiger partial charge on any atom is 0.263 e. The molecule has 1 N–H and O–H groups in total. The second kappa shape index (κ2) is 10.1. The van der Waals surface area contributed by atoms with E-state index < -0.39 is 23.8 Å². The Kier molecular flexibility index (Phi) is 7.84. The van der Waals surface area contributed by atoms with Gasteiger partial charge in [-0.2, -0.15) is 0 Å². The minimum absolute atomic E-state index is 0.140. The molecular formula is C21H17Cl5N2O4. The SMILES string of the molecule is CCCC[C@H](C(=O)Nc1cc(Cl)ccc1OC)N1C(=O)c2c(Cl)c(Cl)c(Cl)c(Cl)c2C1=O. The molecule has 3 amide bonds. The van der Waals surface area contributed by atoms with Gasteiger partial charge in [0.2, 0.25) is 5.91 Å². The molecule has 2 aromatic carbocycles. The van der Waals surface area contributed by atoms with Crippen molar-refractivity contribution in [2.45, 2.75) is 32.2 Å². The lowest BCUT2D eigenvalue weighted by Crippen LogP contribution is -2.47. The Morgan fingerprint density at radius 2 is 1.56 bits per heavy atom. The van der Waals surface area contributed by atoms with Crippen molar-refractivity contribution in [2.75, 3.05) is 12.4 Å². The van der Waals surface area contributed by atoms with E-state index in [9.17, 15) is 14.4 Å². The number of carbonyl (C=O) groups excluding carboxylic acids is 3. The lowest BCUT2D eigenvalue weighted by atomic mass is 10.1. The molecule has 0 unspecified atom stereocenters. The van der Waals surface area contributed by atoms with Crippen LogP contribution in [0.3, 0.4) is 0 Å². The number of imide groups is 1. The highest BCUT2D eigenvalue weighted by molar-refractivity contribution is 6.55. The van der Waals surface area contributed by atoms with Gasteiger partial charge in [0, 0.05) is 5.02 Å². The fourth-order valence-corrected chi connectivity index (χ4v) is 4.60. The lowest BCUT2D eigenvalue weighted by molar-refractivity contribution is -0.120. The topological polar surface area (TPSA) is 75.7 Å². The number of fused-ring (bicyclic) bond motifs is 1. The van der Waals surface area contributed by atoms with Crippen LogP contribution in [0.15, 0.2) is 18.2 Å². The Morgan fingerprint density at radius 1 is 1.00 bits per heavy atom. The summed E-state index contributed by atoms with van der Waals surface area (Å²) < 4.78 is 5.25. The average molecular weight is 539 g/mol. The highest BCUT2D eigenvalue weighted by atomic mass is 35.5. The molecular weight excluding hydrogens is 522 g/mol. The number of rotatable bonds is 7. The Balaban J connectivity index is 2.03. The van der Waals surface area contributed by atoms with Crippen LogP contribution in [0.1, 0.15) is 46.9 Å². The zero-order chi connectivity index (χ0) is 23.7. The number of halogens is 5. The first-order valence-electron chi connectivity index (χ1n) is 9.52. The molecule has 0 bridgehead atoms. The molecule has 0 fully saturated rings. The van der Waals surface area contributed by atoms with Gasteiger partial charge in [-0.25, -0.2) is 0 Å². The van der Waals surface area contributed by atoms with Crippen LogP contribution < -0.4 is 10.1 Å². The highest BCUT2D eigenvalue weighted by Gasteiger charge is 2.46. The molecule has 3 rings (SSSR count). The average Bonchev–Trinajstić information content (AvgIpc) is 3.02. The summed E-state index contributed by atoms with van der Waals surface area (Å²) in [5, 5.41) is 2.40. The number of methoxy groups -OCH3 is 1. The fourth-order valence-electron chi connectivity index (χ4n) is 3.42. The number of carbonyl (C=O) groups is 3. The van der Waals surface area contributed by atoms with Crippen molar-refractivity contribution in [3.63, 3.8) is 0 Å². The van der Waals surface area contributed by atoms with E-state index in [0.717, 1.165) is 11.3 Å². The number of hydrogen-bond acceptors (Lipinski definition) is 4. The van der Waals surface area contributed by atoms with Crippen LogP contribution in [0.5, 0.6) is 5.75 Å². The summed E-state index contributed by atoms with van der Waals surface area (Å²) in [4.78, 5) is 40.5. The predicted octanol–water partition coefficient (Wildman–Crippen LogP) is 6.76. The third-order valence-electron chi connectivity index (χ3n) is 5.00. The molecule has 32 heavy (non-hydrogen) atoms. The zero-order valence-corrected chi connectivity index (χ0v) is 20.7. The number of unbranched alkanes of at least 4 members (excludes halogenated alkanes) is 1. The molecule has 0 spiro atoms. The van der Waals surface area contributed by atoms with Crippen molar-refractivity contribution in [1.82, 2.24) is 4.90 Å². The Labute approximate surface area is 209 Å². The van der Waals surface area contributed by atoms with E-state index in [4.69, 9.17) is 62.7 Å². The van der Waals surface area contributed by atoms with Gasteiger partial charge in [-0.05, 0) is 24.6 Å². The Morgan fingerprint density at radius 3 is 2.06 bits per heavy atom. The number of ether oxygens (including phenoxy) is 1. The normalized spacial score (nSPS) is 13.9. The number of nitrogens with zero attached hydrogens (tertiary/aromatic N) is 1. The molecule has 0 aromatic heterocycles. The molecule has 1 aliphatic heterocycles. The van der Waals surface area contributed by atoms with Gasteiger partial charge in [-0.3, -0.25) is 19.3 Å². The summed E-state index contributed by atoms with van der Waals surface area (Å²) in [6, 6.07) is 3.55. The molecule has 0 saturated carbocycles. The third-order valence-corrected chi connectivity index (χ3v) is 7.03. The fraction of sp³-hybridized carbons (Fsp3) is 0.286. The van der Waals surface area contributed by atoms with Crippen LogP contribution in [-0.2, 0) is 4.79 Å². The van der Waals surface area contributed by atoms with Gasteiger partial charge < -0.3 is 10.1 Å². The van der Waals surface area contributed by atoms with Gasteiger partial charge in [-0.15, -0.1) is 0 Å². The summed E-state index contributed by atoms with van der Waals surface area (Å²) in [5.74, 6) is -1.78. The molecule has 11 heteroatoms. The summed E-state index contributed by atoms with van der Waals surface area (Å²) in [5.41, 5.74) is -0.0540. The molecule has 0 aliphatic carbocycles. The quantitative estimate of drug-likeness (QED) is 0.240. The standard InChI is InChI=1S/C21H17Cl5N2O4/c1-3-4-5-11(19(29)27-10-8-9(22)6-7-12(10)32-2)28-20(30)13-14(21(28)31)16(24)18(26)17(25)15(13)23/h6-8,11H,3-5H2,1-2H3,(H,27,29)/t11-/m1/s1. The van der Waals surface area contributed by atoms with Gasteiger partial charge in [0.05, 0.1) is 44.0 Å². The van der Waals surface area contributed by atoms with Crippen LogP contribution in [0.4, 0.5) is 5.69 Å². The molecule has 0 saturated heterocycles. The third kappa shape index (κ3) is 4.39. The van der Waals surface area contributed by atoms with Gasteiger partial charge in [0.1, 0.15) is 11.8 Å². The highest BCUT2D eigenvalue weighted by Crippen LogP contribution is 2.45. The summed E-state index contributed by atoms with van der Waals surface area (Å²) in [6.07, 6.45) is 1.52. The molecule has 170 valence electrons. The molecule has 1 atom stereocenters. The first kappa shape index (κ1) is 24.9. The minimum atomic E-state index is -1.14. The Hall–Kier alpha value is -1.70. The minimum Gasteiger partial charge on any atom is -0.495 e. The number of anilines is 1. The van der Waals surface area contributed by atoms with Crippen LogP contribution >= 0.6 is 58.0 Å². The molecule has 2 aromatic rings. The van der Waals surface area contributed by atoms with Crippen molar-refractivity contribution in [2.24, 2.45) is 0 Å². The second-order valence-electron chi connectivity index (χ2n) is 6.98. The number of benzene rings is 2. The molecule has 0 radical (unpaired) electrons. The first-order chi connectivity index (χ1) is 15.1. The molecule has 6 nitrogen and oxygen atoms in total. The van der Waals surface area contributed by atoms with E-state index >= 15 is 0 Å². The van der Waals surface area contributed by atoms with Crippen molar-refractivity contribution >= 4 is 81.4 Å². The van der Waals surface area contributed by atoms with Crippen LogP contribution in [0.2, 0.25) is 25.1 Å². The maximum atomic E-state index is 13.3. The van der Waals surface area contributed by atoms with Crippen molar-refractivity contribution in [3.8, 4) is 5.75 Å². The van der Waals surface area contributed by atoms with Crippen LogP contribution in [0.25, 0.3) is 0 Å². The lowest BCUT2D eigenvalue weighted by Gasteiger charge is -2.25. The van der Waals surface area contributed by atoms with Crippen LogP contribution in [-0.4, -0.2) is 35.8 Å². The number of amides is 3. The first-order valence-corrected chi connectivity index (χ1v) is 11.4. The zero-order valence-electron chi connectivity index (χ0n) is 16.9. The van der Waals surface area contributed by atoms with E-state index in [1.165, 1.54) is 13.2 Å². The van der Waals surface area contributed by atoms with Gasteiger partial charge >= 0.3 is 0 Å². The van der Waals surface area contributed by atoms with E-state index in [1.54, 1.807) is 12.1 Å². The van der Waals surface area contributed by atoms with Crippen LogP contribution in [0, 0.1) is 0 Å². The van der Waals surface area contributed by atoms with E-state index in [0.29, 0.717) is 22.9 Å². The molecule has 1 aliphatic rings. The van der Waals surface area contributed by atoms with Gasteiger partial charge in [-0.1, -0.05) is 77.8 Å². The smallest absolute Gasteiger partial charge is 0.263 e. The molecule has 1 heterocycles. The largest absolute Gasteiger partial charge is 0.495 e. The van der Waals surface area contributed by atoms with Crippen molar-refractivity contribution < 1.29 is 19.1 Å².